The quantitative estimate of drug-likeness (QED) is 0.0305. The van der Waals surface area contributed by atoms with Gasteiger partial charge in [0, 0.05) is 54.1 Å². The predicted molar refractivity (Wildman–Crippen MR) is 212 cm³/mol. The summed E-state index contributed by atoms with van der Waals surface area (Å²) in [6.45, 7) is 32.4. The first-order chi connectivity index (χ1) is 23.8. The highest BCUT2D eigenvalue weighted by Crippen LogP contribution is 2.51. The van der Waals surface area contributed by atoms with Crippen molar-refractivity contribution in [1.29, 1.82) is 0 Å². The third kappa shape index (κ3) is 7.28. The van der Waals surface area contributed by atoms with Crippen LogP contribution in [0.3, 0.4) is 0 Å². The lowest BCUT2D eigenvalue weighted by molar-refractivity contribution is -0.530. The van der Waals surface area contributed by atoms with E-state index in [0.717, 1.165) is 50.0 Å². The Labute approximate surface area is 305 Å². The molecule has 0 fully saturated rings. The van der Waals surface area contributed by atoms with Crippen molar-refractivity contribution >= 4 is 31.5 Å². The molecular formula is C44H49N3O3Si. The van der Waals surface area contributed by atoms with Crippen LogP contribution in [-0.4, -0.2) is 41.5 Å². The lowest BCUT2D eigenvalue weighted by Gasteiger charge is -2.41. The molecule has 2 aliphatic carbocycles. The standard InChI is InChI=1S/C44H49N3O3Si/c1-42(2,3)46(49)28-36-34-22-14-13-15-23-35(34)37(41(36)51(11,12)44(7,8)9)39-38(45-10)40(50-47(39)43(4,5)6)33-21-17-19-31(27-33)25-24-30-18-16-20-32(26-30)29-48/h13-23,26-29,39H,1-9,11-12H3/b46-28-. The summed E-state index contributed by atoms with van der Waals surface area (Å²) in [5, 5.41) is 16.8. The SMILES string of the molecule is [C-]#[N+]C1=C(c2cccc(C#Cc3cccc(C=O)c3)c2)ON(C(C)(C)C)C1c1c2cccccc-2c(/C=[N+](\[O-])C(C)(C)C)c1[Si](C)(C)C(C)(C)C. The summed E-state index contributed by atoms with van der Waals surface area (Å²) < 4.78 is 1.07. The van der Waals surface area contributed by atoms with Gasteiger partial charge in [0.25, 0.3) is 0 Å². The molecule has 0 N–H and O–H groups in total. The zero-order chi connectivity index (χ0) is 37.5. The van der Waals surface area contributed by atoms with Crippen molar-refractivity contribution in [3.05, 3.63) is 135 Å². The molecule has 7 heteroatoms. The van der Waals surface area contributed by atoms with Gasteiger partial charge in [0.15, 0.2) is 17.5 Å². The van der Waals surface area contributed by atoms with Crippen molar-refractivity contribution in [3.8, 4) is 23.0 Å². The van der Waals surface area contributed by atoms with Crippen LogP contribution >= 0.6 is 0 Å². The van der Waals surface area contributed by atoms with Gasteiger partial charge in [0.1, 0.15) is 12.3 Å². The van der Waals surface area contributed by atoms with E-state index in [2.05, 4.69) is 83.5 Å². The first-order valence-corrected chi connectivity index (χ1v) is 20.4. The summed E-state index contributed by atoms with van der Waals surface area (Å²) in [5.41, 5.74) is 6.14. The summed E-state index contributed by atoms with van der Waals surface area (Å²) in [4.78, 5) is 22.4. The van der Waals surface area contributed by atoms with Crippen LogP contribution in [-0.2, 0) is 4.84 Å². The topological polar surface area (TPSA) is 60.0 Å². The highest BCUT2D eigenvalue weighted by Gasteiger charge is 2.51. The summed E-state index contributed by atoms with van der Waals surface area (Å²) in [6, 6.07) is 24.7. The van der Waals surface area contributed by atoms with Crippen LogP contribution in [0.1, 0.15) is 107 Å². The number of carbonyl (C=O) groups excluding carboxylic acids is 1. The summed E-state index contributed by atoms with van der Waals surface area (Å²) in [6.07, 6.45) is 2.60. The van der Waals surface area contributed by atoms with Crippen LogP contribution < -0.4 is 5.19 Å². The van der Waals surface area contributed by atoms with Crippen LogP contribution in [0, 0.1) is 23.6 Å². The van der Waals surface area contributed by atoms with E-state index in [-0.39, 0.29) is 5.04 Å². The molecule has 0 bridgehead atoms. The highest BCUT2D eigenvalue weighted by atomic mass is 28.3. The molecular weight excluding hydrogens is 647 g/mol. The molecule has 262 valence electrons. The largest absolute Gasteiger partial charge is 0.623 e. The maximum absolute atomic E-state index is 13.8. The molecule has 0 radical (unpaired) electrons. The van der Waals surface area contributed by atoms with Gasteiger partial charge in [-0.25, -0.2) is 9.58 Å². The molecule has 2 aromatic rings. The Morgan fingerprint density at radius 2 is 1.47 bits per heavy atom. The Hall–Kier alpha value is -4.95. The molecule has 1 unspecified atom stereocenters. The van der Waals surface area contributed by atoms with Gasteiger partial charge in [-0.05, 0) is 72.0 Å². The third-order valence-corrected chi connectivity index (χ3v) is 15.6. The van der Waals surface area contributed by atoms with E-state index in [9.17, 15) is 10.0 Å². The first-order valence-electron chi connectivity index (χ1n) is 17.4. The number of carbonyl (C=O) groups is 1. The average molecular weight is 696 g/mol. The second-order valence-electron chi connectivity index (χ2n) is 16.8. The number of rotatable bonds is 5. The summed E-state index contributed by atoms with van der Waals surface area (Å²) >= 11 is 0. The molecule has 0 aromatic heterocycles. The molecule has 5 rings (SSSR count). The number of fused-ring (bicyclic) bond motifs is 1. The zero-order valence-corrected chi connectivity index (χ0v) is 32.8. The van der Waals surface area contributed by atoms with Crippen molar-refractivity contribution < 1.29 is 14.4 Å². The normalized spacial score (nSPS) is 16.0. The van der Waals surface area contributed by atoms with E-state index in [4.69, 9.17) is 11.4 Å². The van der Waals surface area contributed by atoms with Gasteiger partial charge in [0.05, 0.1) is 14.6 Å². The van der Waals surface area contributed by atoms with Gasteiger partial charge >= 0.3 is 0 Å². The molecule has 0 spiro atoms. The molecule has 1 aliphatic heterocycles. The lowest BCUT2D eigenvalue weighted by atomic mass is 9.95. The molecule has 2 aromatic carbocycles. The van der Waals surface area contributed by atoms with Crippen molar-refractivity contribution in [2.45, 2.75) is 97.6 Å². The van der Waals surface area contributed by atoms with Gasteiger partial charge in [0.2, 0.25) is 5.70 Å². The Balaban J connectivity index is 1.83. The molecule has 1 heterocycles. The van der Waals surface area contributed by atoms with E-state index in [1.54, 1.807) is 18.3 Å². The number of hydroxylamine groups is 3. The maximum atomic E-state index is 13.8. The van der Waals surface area contributed by atoms with Gasteiger partial charge in [-0.3, -0.25) is 4.79 Å². The monoisotopic (exact) mass is 695 g/mol. The Kier molecular flexibility index (Phi) is 9.98. The first kappa shape index (κ1) is 37.3. The number of aldehydes is 1. The fraction of sp³-hybridized carbons (Fsp3) is 0.341. The minimum absolute atomic E-state index is 0.0819. The van der Waals surface area contributed by atoms with E-state index in [0.29, 0.717) is 17.0 Å². The number of hydrogen-bond donors (Lipinski definition) is 0. The Bertz CT molecular complexity index is 2120. The van der Waals surface area contributed by atoms with Crippen molar-refractivity contribution in [2.24, 2.45) is 0 Å². The number of benzene rings is 2. The molecule has 1 atom stereocenters. The molecule has 6 nitrogen and oxygen atoms in total. The highest BCUT2D eigenvalue weighted by molar-refractivity contribution is 6.93. The molecule has 3 aliphatic rings. The summed E-state index contributed by atoms with van der Waals surface area (Å²) in [7, 11) is -2.41. The molecule has 0 amide bonds. The molecule has 0 saturated carbocycles. The van der Waals surface area contributed by atoms with Crippen molar-refractivity contribution in [1.82, 2.24) is 5.06 Å². The minimum Gasteiger partial charge on any atom is -0.623 e. The van der Waals surface area contributed by atoms with Gasteiger partial charge in [-0.2, -0.15) is 0 Å². The fourth-order valence-electron chi connectivity index (χ4n) is 6.30. The lowest BCUT2D eigenvalue weighted by Crippen LogP contribution is -2.53. The van der Waals surface area contributed by atoms with Crippen LogP contribution in [0.4, 0.5) is 0 Å². The van der Waals surface area contributed by atoms with E-state index >= 15 is 0 Å². The van der Waals surface area contributed by atoms with Crippen LogP contribution in [0.15, 0.2) is 84.6 Å². The Morgan fingerprint density at radius 1 is 0.863 bits per heavy atom. The van der Waals surface area contributed by atoms with Gasteiger partial charge in [-0.1, -0.05) is 100 Å². The van der Waals surface area contributed by atoms with E-state index in [1.807, 2.05) is 80.4 Å². The average Bonchev–Trinajstić information content (AvgIpc) is 3.48. The zero-order valence-electron chi connectivity index (χ0n) is 31.8. The third-order valence-electron chi connectivity index (χ3n) is 10.0. The van der Waals surface area contributed by atoms with Crippen LogP contribution in [0.2, 0.25) is 18.1 Å². The minimum atomic E-state index is -2.41. The Morgan fingerprint density at radius 3 is 2.04 bits per heavy atom. The van der Waals surface area contributed by atoms with Crippen LogP contribution in [0.25, 0.3) is 21.7 Å². The number of hydrogen-bond acceptors (Lipinski definition) is 4. The van der Waals surface area contributed by atoms with Gasteiger partial charge < -0.3 is 10.0 Å². The van der Waals surface area contributed by atoms with E-state index in [1.165, 1.54) is 5.19 Å². The van der Waals surface area contributed by atoms with Crippen molar-refractivity contribution in [2.75, 3.05) is 0 Å². The maximum Gasteiger partial charge on any atom is 0.234 e. The number of nitrogens with zero attached hydrogens (tertiary/aromatic N) is 3. The molecule has 0 saturated heterocycles. The predicted octanol–water partition coefficient (Wildman–Crippen LogP) is 9.82. The summed E-state index contributed by atoms with van der Waals surface area (Å²) in [5.74, 6) is 6.90. The van der Waals surface area contributed by atoms with E-state index < -0.39 is 25.2 Å². The van der Waals surface area contributed by atoms with Crippen LogP contribution in [0.5, 0.6) is 0 Å². The van der Waals surface area contributed by atoms with Gasteiger partial charge in [-0.15, -0.1) is 5.06 Å². The second-order valence-corrected chi connectivity index (χ2v) is 22.1. The molecule has 51 heavy (non-hydrogen) atoms. The van der Waals surface area contributed by atoms with Crippen molar-refractivity contribution in [3.63, 3.8) is 0 Å². The fourth-order valence-corrected chi connectivity index (χ4v) is 8.87. The smallest absolute Gasteiger partial charge is 0.234 e. The second kappa shape index (κ2) is 13.6.